The Kier molecular flexibility index (Phi) is 5.57. The molecule has 3 rings (SSSR count). The van der Waals surface area contributed by atoms with Crippen LogP contribution in [0.1, 0.15) is 12.8 Å². The normalized spacial score (nSPS) is 12.5. The highest BCUT2D eigenvalue weighted by molar-refractivity contribution is 7.92. The van der Waals surface area contributed by atoms with Gasteiger partial charge in [-0.1, -0.05) is 29.4 Å². The first-order valence-electron chi connectivity index (χ1n) is 8.05. The van der Waals surface area contributed by atoms with E-state index in [0.29, 0.717) is 11.5 Å². The van der Waals surface area contributed by atoms with Crippen LogP contribution in [0.25, 0.3) is 10.7 Å². The number of aromatic nitrogens is 2. The number of carbonyl (C=O) groups excluding carboxylic acids is 1. The van der Waals surface area contributed by atoms with Crippen LogP contribution in [0.2, 0.25) is 0 Å². The van der Waals surface area contributed by atoms with Gasteiger partial charge in [0.05, 0.1) is 23.4 Å². The second kappa shape index (κ2) is 7.89. The molecule has 3 aromatic rings. The van der Waals surface area contributed by atoms with Crippen molar-refractivity contribution in [3.8, 4) is 10.7 Å². The van der Waals surface area contributed by atoms with Gasteiger partial charge >= 0.3 is 0 Å². The number of hydrogen-bond acceptors (Lipinski definition) is 7. The number of para-hydroxylation sites is 1. The van der Waals surface area contributed by atoms with E-state index >= 15 is 0 Å². The van der Waals surface area contributed by atoms with Crippen LogP contribution in [0.15, 0.2) is 52.4 Å². The molecule has 8 nitrogen and oxygen atoms in total. The Morgan fingerprint density at radius 2 is 2.00 bits per heavy atom. The molecule has 0 bridgehead atoms. The van der Waals surface area contributed by atoms with Crippen LogP contribution in [0.5, 0.6) is 0 Å². The Labute approximate surface area is 160 Å². The van der Waals surface area contributed by atoms with Gasteiger partial charge in [-0.05, 0) is 30.5 Å². The van der Waals surface area contributed by atoms with Gasteiger partial charge in [0.2, 0.25) is 27.6 Å². The summed E-state index contributed by atoms with van der Waals surface area (Å²) in [6, 6.07) is 11.3. The number of amides is 1. The largest absolute Gasteiger partial charge is 0.345 e. The Hall–Kier alpha value is -2.72. The zero-order valence-electron chi connectivity index (χ0n) is 14.7. The molecule has 142 valence electrons. The standard InChI is InChI=1S/C17H18N4O4S2/c1-12(21(27(2,23)24)13-7-4-3-5-8-13)17(22)18-11-15-19-16(20-25-15)14-9-6-10-26-14/h3-10,12H,11H2,1-2H3,(H,18,22)/t12-/m1/s1. The first-order chi connectivity index (χ1) is 12.9. The molecule has 0 spiro atoms. The van der Waals surface area contributed by atoms with E-state index in [-0.39, 0.29) is 12.4 Å². The van der Waals surface area contributed by atoms with Gasteiger partial charge < -0.3 is 9.84 Å². The Bertz CT molecular complexity index is 1000. The molecular weight excluding hydrogens is 388 g/mol. The van der Waals surface area contributed by atoms with E-state index in [1.807, 2.05) is 17.5 Å². The van der Waals surface area contributed by atoms with Gasteiger partial charge in [-0.2, -0.15) is 4.98 Å². The molecule has 1 aromatic carbocycles. The number of thiophene rings is 1. The molecule has 0 unspecified atom stereocenters. The van der Waals surface area contributed by atoms with Crippen molar-refractivity contribution in [3.63, 3.8) is 0 Å². The monoisotopic (exact) mass is 406 g/mol. The van der Waals surface area contributed by atoms with Crippen LogP contribution < -0.4 is 9.62 Å². The summed E-state index contributed by atoms with van der Waals surface area (Å²) in [6.07, 6.45) is 1.06. The van der Waals surface area contributed by atoms with Crippen LogP contribution >= 0.6 is 11.3 Å². The summed E-state index contributed by atoms with van der Waals surface area (Å²) in [5.74, 6) is 0.217. The lowest BCUT2D eigenvalue weighted by molar-refractivity contribution is -0.122. The Morgan fingerprint density at radius 1 is 1.26 bits per heavy atom. The number of hydrogen-bond donors (Lipinski definition) is 1. The molecule has 0 radical (unpaired) electrons. The second-order valence-corrected chi connectivity index (χ2v) is 8.58. The number of rotatable bonds is 7. The molecule has 0 saturated heterocycles. The van der Waals surface area contributed by atoms with Crippen molar-refractivity contribution in [2.45, 2.75) is 19.5 Å². The molecule has 1 N–H and O–H groups in total. The fraction of sp³-hybridized carbons (Fsp3) is 0.235. The first kappa shape index (κ1) is 19.1. The third kappa shape index (κ3) is 4.52. The summed E-state index contributed by atoms with van der Waals surface area (Å²) < 4.78 is 30.6. The van der Waals surface area contributed by atoms with Gasteiger partial charge in [0, 0.05) is 0 Å². The van der Waals surface area contributed by atoms with Crippen LogP contribution in [0, 0.1) is 0 Å². The van der Waals surface area contributed by atoms with E-state index in [1.165, 1.54) is 18.3 Å². The lowest BCUT2D eigenvalue weighted by Gasteiger charge is -2.28. The predicted octanol–water partition coefficient (Wildman–Crippen LogP) is 2.27. The predicted molar refractivity (Wildman–Crippen MR) is 103 cm³/mol. The summed E-state index contributed by atoms with van der Waals surface area (Å²) in [5, 5.41) is 8.41. The highest BCUT2D eigenvalue weighted by atomic mass is 32.2. The van der Waals surface area contributed by atoms with E-state index < -0.39 is 22.0 Å². The molecule has 2 heterocycles. The van der Waals surface area contributed by atoms with Crippen molar-refractivity contribution >= 4 is 33.0 Å². The highest BCUT2D eigenvalue weighted by Crippen LogP contribution is 2.22. The Balaban J connectivity index is 1.69. The average Bonchev–Trinajstić information content (AvgIpc) is 3.31. The minimum absolute atomic E-state index is 0.00788. The molecule has 0 fully saturated rings. The van der Waals surface area contributed by atoms with Crippen LogP contribution in [-0.4, -0.2) is 36.8 Å². The van der Waals surface area contributed by atoms with Crippen molar-refractivity contribution in [3.05, 3.63) is 53.7 Å². The first-order valence-corrected chi connectivity index (χ1v) is 10.8. The smallest absolute Gasteiger partial charge is 0.246 e. The molecule has 0 aliphatic rings. The number of nitrogens with one attached hydrogen (secondary N) is 1. The highest BCUT2D eigenvalue weighted by Gasteiger charge is 2.29. The summed E-state index contributed by atoms with van der Waals surface area (Å²) in [6.45, 7) is 1.53. The number of anilines is 1. The Morgan fingerprint density at radius 3 is 2.63 bits per heavy atom. The maximum Gasteiger partial charge on any atom is 0.246 e. The van der Waals surface area contributed by atoms with Gasteiger partial charge in [-0.15, -0.1) is 11.3 Å². The fourth-order valence-electron chi connectivity index (χ4n) is 2.53. The molecular formula is C17H18N4O4S2. The SMILES string of the molecule is C[C@H](C(=O)NCc1nc(-c2cccs2)no1)N(c1ccccc1)S(C)(=O)=O. The average molecular weight is 406 g/mol. The zero-order chi connectivity index (χ0) is 19.4. The molecule has 27 heavy (non-hydrogen) atoms. The number of nitrogens with zero attached hydrogens (tertiary/aromatic N) is 3. The maximum absolute atomic E-state index is 12.5. The van der Waals surface area contributed by atoms with Crippen molar-refractivity contribution in [1.29, 1.82) is 0 Å². The number of carbonyl (C=O) groups is 1. The van der Waals surface area contributed by atoms with Crippen molar-refractivity contribution < 1.29 is 17.7 Å². The van der Waals surface area contributed by atoms with Crippen molar-refractivity contribution in [2.24, 2.45) is 0 Å². The minimum atomic E-state index is -3.65. The van der Waals surface area contributed by atoms with E-state index in [1.54, 1.807) is 30.3 Å². The van der Waals surface area contributed by atoms with Gasteiger partial charge in [0.1, 0.15) is 6.04 Å². The van der Waals surface area contributed by atoms with Crippen LogP contribution in [-0.2, 0) is 21.4 Å². The third-order valence-corrected chi connectivity index (χ3v) is 5.83. The van der Waals surface area contributed by atoms with E-state index in [9.17, 15) is 13.2 Å². The number of sulfonamides is 1. The number of benzene rings is 1. The van der Waals surface area contributed by atoms with E-state index in [4.69, 9.17) is 4.52 Å². The second-order valence-electron chi connectivity index (χ2n) is 5.78. The fourth-order valence-corrected chi connectivity index (χ4v) is 4.35. The topological polar surface area (TPSA) is 105 Å². The summed E-state index contributed by atoms with van der Waals surface area (Å²) in [4.78, 5) is 17.6. The molecule has 0 aliphatic heterocycles. The van der Waals surface area contributed by atoms with Gasteiger partial charge in [-0.25, -0.2) is 8.42 Å². The van der Waals surface area contributed by atoms with E-state index in [0.717, 1.165) is 15.4 Å². The van der Waals surface area contributed by atoms with Gasteiger partial charge in [0.25, 0.3) is 0 Å². The van der Waals surface area contributed by atoms with Crippen LogP contribution in [0.3, 0.4) is 0 Å². The van der Waals surface area contributed by atoms with Crippen molar-refractivity contribution in [2.75, 3.05) is 10.6 Å². The molecule has 2 aromatic heterocycles. The molecule has 1 atom stereocenters. The molecule has 0 saturated carbocycles. The quantitative estimate of drug-likeness (QED) is 0.645. The lowest BCUT2D eigenvalue weighted by Crippen LogP contribution is -2.47. The summed E-state index contributed by atoms with van der Waals surface area (Å²) >= 11 is 1.48. The van der Waals surface area contributed by atoms with Gasteiger partial charge in [0.15, 0.2) is 0 Å². The van der Waals surface area contributed by atoms with Gasteiger partial charge in [-0.3, -0.25) is 9.10 Å². The molecule has 10 heteroatoms. The summed E-state index contributed by atoms with van der Waals surface area (Å²) in [5.41, 5.74) is 0.417. The molecule has 0 aliphatic carbocycles. The van der Waals surface area contributed by atoms with Crippen molar-refractivity contribution in [1.82, 2.24) is 15.5 Å². The zero-order valence-corrected chi connectivity index (χ0v) is 16.3. The third-order valence-electron chi connectivity index (χ3n) is 3.72. The maximum atomic E-state index is 12.5. The molecule has 1 amide bonds. The lowest BCUT2D eigenvalue weighted by atomic mass is 10.2. The van der Waals surface area contributed by atoms with E-state index in [2.05, 4.69) is 15.5 Å². The minimum Gasteiger partial charge on any atom is -0.345 e. The van der Waals surface area contributed by atoms with Crippen LogP contribution in [0.4, 0.5) is 5.69 Å². The summed E-state index contributed by atoms with van der Waals surface area (Å²) in [7, 11) is -3.65.